The van der Waals surface area contributed by atoms with Gasteiger partial charge in [0.1, 0.15) is 5.69 Å². The third-order valence-electron chi connectivity index (χ3n) is 2.16. The van der Waals surface area contributed by atoms with E-state index in [2.05, 4.69) is 15.0 Å². The summed E-state index contributed by atoms with van der Waals surface area (Å²) in [5.41, 5.74) is 1.09. The van der Waals surface area contributed by atoms with Crippen LogP contribution in [-0.4, -0.2) is 51.5 Å². The van der Waals surface area contributed by atoms with Crippen LogP contribution in [0.2, 0.25) is 0 Å². The summed E-state index contributed by atoms with van der Waals surface area (Å²) in [6.07, 6.45) is 1.56. The number of pyridine rings is 1. The maximum Gasteiger partial charge on any atom is 0.356 e. The minimum Gasteiger partial charge on any atom is -0.464 e. The zero-order valence-electron chi connectivity index (χ0n) is 10.6. The van der Waals surface area contributed by atoms with E-state index in [1.165, 1.54) is 7.11 Å². The smallest absolute Gasteiger partial charge is 0.356 e. The highest BCUT2D eigenvalue weighted by molar-refractivity contribution is 5.88. The van der Waals surface area contributed by atoms with E-state index in [0.717, 1.165) is 5.69 Å². The second-order valence-electron chi connectivity index (χ2n) is 3.45. The summed E-state index contributed by atoms with van der Waals surface area (Å²) in [6.45, 7) is 2.37. The zero-order valence-corrected chi connectivity index (χ0v) is 10.6. The van der Waals surface area contributed by atoms with Gasteiger partial charge in [-0.3, -0.25) is 0 Å². The quantitative estimate of drug-likeness (QED) is 0.550. The predicted octanol–water partition coefficient (Wildman–Crippen LogP) is 0.943. The van der Waals surface area contributed by atoms with Crippen LogP contribution >= 0.6 is 0 Å². The number of hydrogen-bond acceptors (Lipinski definition) is 6. The number of methoxy groups -OCH3 is 2. The molecule has 1 aromatic heterocycles. The average molecular weight is 254 g/mol. The molecular formula is C12H18N2O4. The molecule has 18 heavy (non-hydrogen) atoms. The number of ether oxygens (including phenoxy) is 3. The summed E-state index contributed by atoms with van der Waals surface area (Å²) in [5, 5.41) is 3.13. The lowest BCUT2D eigenvalue weighted by Gasteiger charge is -2.07. The molecule has 0 spiro atoms. The van der Waals surface area contributed by atoms with E-state index < -0.39 is 5.97 Å². The number of nitrogens with zero attached hydrogens (tertiary/aromatic N) is 1. The normalized spacial score (nSPS) is 10.1. The van der Waals surface area contributed by atoms with Gasteiger partial charge in [0.2, 0.25) is 0 Å². The molecule has 0 aliphatic rings. The number of esters is 1. The second-order valence-corrected chi connectivity index (χ2v) is 3.45. The zero-order chi connectivity index (χ0) is 13.2. The maximum absolute atomic E-state index is 11.3. The largest absolute Gasteiger partial charge is 0.464 e. The van der Waals surface area contributed by atoms with Crippen LogP contribution in [-0.2, 0) is 14.2 Å². The number of carbonyl (C=O) groups excluding carboxylic acids is 1. The van der Waals surface area contributed by atoms with Gasteiger partial charge in [-0.2, -0.15) is 0 Å². The van der Waals surface area contributed by atoms with Crippen molar-refractivity contribution in [1.82, 2.24) is 4.98 Å². The van der Waals surface area contributed by atoms with Gasteiger partial charge in [0, 0.05) is 25.5 Å². The molecule has 0 saturated heterocycles. The molecule has 1 rings (SSSR count). The first-order valence-electron chi connectivity index (χ1n) is 5.63. The van der Waals surface area contributed by atoms with Gasteiger partial charge in [-0.1, -0.05) is 0 Å². The van der Waals surface area contributed by atoms with E-state index in [4.69, 9.17) is 9.47 Å². The monoisotopic (exact) mass is 254 g/mol. The van der Waals surface area contributed by atoms with Crippen molar-refractivity contribution in [3.05, 3.63) is 24.0 Å². The Labute approximate surface area is 106 Å². The Hall–Kier alpha value is -1.66. The van der Waals surface area contributed by atoms with Crippen molar-refractivity contribution in [1.29, 1.82) is 0 Å². The minimum atomic E-state index is -0.449. The molecule has 0 radical (unpaired) electrons. The van der Waals surface area contributed by atoms with Crippen molar-refractivity contribution in [2.75, 3.05) is 45.9 Å². The molecule has 1 aromatic rings. The lowest BCUT2D eigenvalue weighted by molar-refractivity contribution is 0.0594. The molecule has 0 aliphatic carbocycles. The summed E-state index contributed by atoms with van der Waals surface area (Å²) in [7, 11) is 2.96. The molecule has 0 fully saturated rings. The van der Waals surface area contributed by atoms with Crippen LogP contribution in [0.3, 0.4) is 0 Å². The average Bonchev–Trinajstić information content (AvgIpc) is 2.42. The topological polar surface area (TPSA) is 69.7 Å². The van der Waals surface area contributed by atoms with Crippen molar-refractivity contribution >= 4 is 11.7 Å². The first kappa shape index (κ1) is 14.4. The van der Waals surface area contributed by atoms with E-state index in [1.807, 2.05) is 0 Å². The summed E-state index contributed by atoms with van der Waals surface area (Å²) in [6, 6.07) is 3.42. The molecule has 0 bridgehead atoms. The van der Waals surface area contributed by atoms with E-state index in [9.17, 15) is 4.79 Å². The van der Waals surface area contributed by atoms with Crippen molar-refractivity contribution in [3.8, 4) is 0 Å². The molecule has 0 amide bonds. The van der Waals surface area contributed by atoms with Gasteiger partial charge in [-0.15, -0.1) is 0 Å². The number of aromatic nitrogens is 1. The number of anilines is 1. The lowest BCUT2D eigenvalue weighted by Crippen LogP contribution is -2.12. The second kappa shape index (κ2) is 8.43. The Morgan fingerprint density at radius 2 is 2.17 bits per heavy atom. The van der Waals surface area contributed by atoms with Crippen molar-refractivity contribution in [2.45, 2.75) is 0 Å². The fourth-order valence-corrected chi connectivity index (χ4v) is 1.27. The van der Waals surface area contributed by atoms with Gasteiger partial charge >= 0.3 is 5.97 Å². The third kappa shape index (κ3) is 5.11. The highest BCUT2D eigenvalue weighted by Crippen LogP contribution is 2.08. The van der Waals surface area contributed by atoms with Crippen LogP contribution in [0, 0.1) is 0 Å². The van der Waals surface area contributed by atoms with Crippen LogP contribution in [0.5, 0.6) is 0 Å². The maximum atomic E-state index is 11.3. The Balaban J connectivity index is 2.32. The standard InChI is InChI=1S/C12H18N2O4/c1-16-7-8-18-6-5-13-10-3-4-14-11(9-10)12(15)17-2/h3-4,9H,5-8H2,1-2H3,(H,13,14). The van der Waals surface area contributed by atoms with E-state index in [1.54, 1.807) is 25.4 Å². The Morgan fingerprint density at radius 1 is 1.33 bits per heavy atom. The number of rotatable bonds is 8. The van der Waals surface area contributed by atoms with Crippen LogP contribution in [0.1, 0.15) is 10.5 Å². The lowest BCUT2D eigenvalue weighted by atomic mass is 10.3. The summed E-state index contributed by atoms with van der Waals surface area (Å²) in [5.74, 6) is -0.449. The molecule has 100 valence electrons. The summed E-state index contributed by atoms with van der Waals surface area (Å²) < 4.78 is 14.7. The van der Waals surface area contributed by atoms with Gasteiger partial charge in [0.25, 0.3) is 0 Å². The highest BCUT2D eigenvalue weighted by atomic mass is 16.5. The Bertz CT molecular complexity index is 371. The van der Waals surface area contributed by atoms with E-state index in [0.29, 0.717) is 26.4 Å². The Morgan fingerprint density at radius 3 is 2.89 bits per heavy atom. The van der Waals surface area contributed by atoms with Crippen LogP contribution in [0.25, 0.3) is 0 Å². The van der Waals surface area contributed by atoms with Gasteiger partial charge in [0.15, 0.2) is 0 Å². The van der Waals surface area contributed by atoms with Crippen molar-refractivity contribution in [3.63, 3.8) is 0 Å². The van der Waals surface area contributed by atoms with Gasteiger partial charge in [-0.25, -0.2) is 9.78 Å². The van der Waals surface area contributed by atoms with Crippen LogP contribution in [0.15, 0.2) is 18.3 Å². The number of hydrogen-bond donors (Lipinski definition) is 1. The van der Waals surface area contributed by atoms with Gasteiger partial charge in [0.05, 0.1) is 26.9 Å². The molecule has 0 unspecified atom stereocenters. The molecule has 0 saturated carbocycles. The predicted molar refractivity (Wildman–Crippen MR) is 66.8 cm³/mol. The molecule has 6 heteroatoms. The summed E-state index contributed by atoms with van der Waals surface area (Å²) >= 11 is 0. The SMILES string of the molecule is COCCOCCNc1ccnc(C(=O)OC)c1. The molecule has 0 atom stereocenters. The third-order valence-corrected chi connectivity index (χ3v) is 2.16. The fraction of sp³-hybridized carbons (Fsp3) is 0.500. The number of nitrogens with one attached hydrogen (secondary N) is 1. The molecule has 1 heterocycles. The van der Waals surface area contributed by atoms with E-state index in [-0.39, 0.29) is 5.69 Å². The summed E-state index contributed by atoms with van der Waals surface area (Å²) in [4.78, 5) is 15.2. The van der Waals surface area contributed by atoms with Crippen LogP contribution in [0.4, 0.5) is 5.69 Å². The molecule has 0 aromatic carbocycles. The molecule has 0 aliphatic heterocycles. The van der Waals surface area contributed by atoms with E-state index >= 15 is 0 Å². The van der Waals surface area contributed by atoms with Gasteiger partial charge < -0.3 is 19.5 Å². The minimum absolute atomic E-state index is 0.280. The van der Waals surface area contributed by atoms with Crippen LogP contribution < -0.4 is 5.32 Å². The van der Waals surface area contributed by atoms with Gasteiger partial charge in [-0.05, 0) is 12.1 Å². The Kier molecular flexibility index (Phi) is 6.75. The fourth-order valence-electron chi connectivity index (χ4n) is 1.27. The molecule has 1 N–H and O–H groups in total. The first-order chi connectivity index (χ1) is 8.77. The molecular weight excluding hydrogens is 236 g/mol. The number of carbonyl (C=O) groups is 1. The van der Waals surface area contributed by atoms with Crippen molar-refractivity contribution in [2.24, 2.45) is 0 Å². The highest BCUT2D eigenvalue weighted by Gasteiger charge is 2.06. The first-order valence-corrected chi connectivity index (χ1v) is 5.63. The van der Waals surface area contributed by atoms with Crippen molar-refractivity contribution < 1.29 is 19.0 Å². The molecule has 6 nitrogen and oxygen atoms in total.